The van der Waals surface area contributed by atoms with E-state index in [-0.39, 0.29) is 6.04 Å². The van der Waals surface area contributed by atoms with Crippen LogP contribution in [0.15, 0.2) is 12.4 Å². The van der Waals surface area contributed by atoms with Gasteiger partial charge in [0, 0.05) is 25.2 Å². The molecule has 5 heteroatoms. The lowest BCUT2D eigenvalue weighted by atomic mass is 10.1. The maximum atomic E-state index is 5.88. The standard InChI is InChI=1S/C9H13ClN4/c10-8-4-9(13-6-12-8)14-3-1-2-7(11)5-14/h4,6-7H,1-3,5,11H2/t7-/m1/s1. The van der Waals surface area contributed by atoms with Gasteiger partial charge in [0.15, 0.2) is 0 Å². The van der Waals surface area contributed by atoms with Gasteiger partial charge in [0.25, 0.3) is 0 Å². The summed E-state index contributed by atoms with van der Waals surface area (Å²) in [5.74, 6) is 0.875. The molecule has 1 saturated heterocycles. The zero-order chi connectivity index (χ0) is 9.97. The first-order valence-corrected chi connectivity index (χ1v) is 5.11. The summed E-state index contributed by atoms with van der Waals surface area (Å²) in [4.78, 5) is 10.2. The number of aromatic nitrogens is 2. The van der Waals surface area contributed by atoms with E-state index < -0.39 is 0 Å². The maximum absolute atomic E-state index is 5.88. The molecule has 0 radical (unpaired) electrons. The first kappa shape index (κ1) is 9.68. The maximum Gasteiger partial charge on any atom is 0.134 e. The Morgan fingerprint density at radius 3 is 3.07 bits per heavy atom. The summed E-state index contributed by atoms with van der Waals surface area (Å²) in [5, 5.41) is 0.481. The Labute approximate surface area is 88.1 Å². The molecule has 1 fully saturated rings. The third-order valence-corrected chi connectivity index (χ3v) is 2.61. The van der Waals surface area contributed by atoms with Gasteiger partial charge >= 0.3 is 0 Å². The van der Waals surface area contributed by atoms with Crippen LogP contribution in [0.2, 0.25) is 5.15 Å². The number of halogens is 1. The topological polar surface area (TPSA) is 55.0 Å². The van der Waals surface area contributed by atoms with Gasteiger partial charge in [-0.1, -0.05) is 11.6 Å². The Kier molecular flexibility index (Phi) is 2.84. The lowest BCUT2D eigenvalue weighted by Crippen LogP contribution is -2.43. The van der Waals surface area contributed by atoms with Crippen LogP contribution in [0.3, 0.4) is 0 Å². The van der Waals surface area contributed by atoms with Crippen molar-refractivity contribution in [1.29, 1.82) is 0 Å². The van der Waals surface area contributed by atoms with E-state index in [1.807, 2.05) is 0 Å². The molecule has 0 unspecified atom stereocenters. The Hall–Kier alpha value is -0.870. The Balaban J connectivity index is 2.14. The summed E-state index contributed by atoms with van der Waals surface area (Å²) in [6, 6.07) is 2.03. The number of hydrogen-bond donors (Lipinski definition) is 1. The van der Waals surface area contributed by atoms with Gasteiger partial charge in [0.05, 0.1) is 0 Å². The molecule has 0 aromatic carbocycles. The van der Waals surface area contributed by atoms with Crippen molar-refractivity contribution in [2.75, 3.05) is 18.0 Å². The molecule has 1 aliphatic rings. The lowest BCUT2D eigenvalue weighted by Gasteiger charge is -2.31. The van der Waals surface area contributed by atoms with Gasteiger partial charge in [-0.15, -0.1) is 0 Å². The second-order valence-electron chi connectivity index (χ2n) is 3.55. The van der Waals surface area contributed by atoms with Crippen LogP contribution in [0.5, 0.6) is 0 Å². The Morgan fingerprint density at radius 1 is 1.50 bits per heavy atom. The third-order valence-electron chi connectivity index (χ3n) is 2.40. The Morgan fingerprint density at radius 2 is 2.36 bits per heavy atom. The molecule has 0 amide bonds. The number of nitrogens with two attached hydrogens (primary N) is 1. The van der Waals surface area contributed by atoms with Crippen LogP contribution in [0.25, 0.3) is 0 Å². The fourth-order valence-electron chi connectivity index (χ4n) is 1.72. The summed E-state index contributed by atoms with van der Waals surface area (Å²) in [5.41, 5.74) is 5.88. The molecule has 1 aliphatic heterocycles. The summed E-state index contributed by atoms with van der Waals surface area (Å²) < 4.78 is 0. The van der Waals surface area contributed by atoms with Gasteiger partial charge < -0.3 is 10.6 Å². The van der Waals surface area contributed by atoms with Crippen LogP contribution in [-0.4, -0.2) is 29.1 Å². The minimum absolute atomic E-state index is 0.248. The van der Waals surface area contributed by atoms with Gasteiger partial charge in [-0.2, -0.15) is 0 Å². The van der Waals surface area contributed by atoms with Crippen LogP contribution in [0.4, 0.5) is 5.82 Å². The van der Waals surface area contributed by atoms with Crippen LogP contribution >= 0.6 is 11.6 Å². The van der Waals surface area contributed by atoms with E-state index in [0.29, 0.717) is 5.15 Å². The molecule has 0 bridgehead atoms. The molecule has 0 spiro atoms. The van der Waals surface area contributed by atoms with E-state index in [1.165, 1.54) is 6.33 Å². The van der Waals surface area contributed by atoms with Crippen molar-refractivity contribution >= 4 is 17.4 Å². The van der Waals surface area contributed by atoms with Crippen molar-refractivity contribution in [3.8, 4) is 0 Å². The largest absolute Gasteiger partial charge is 0.355 e. The molecule has 1 atom stereocenters. The normalized spacial score (nSPS) is 22.4. The molecule has 76 valence electrons. The highest BCUT2D eigenvalue weighted by atomic mass is 35.5. The molecule has 1 aromatic heterocycles. The number of hydrogen-bond acceptors (Lipinski definition) is 4. The number of rotatable bonds is 1. The molecule has 0 aliphatic carbocycles. The van der Waals surface area contributed by atoms with Gasteiger partial charge in [-0.3, -0.25) is 0 Å². The molecule has 14 heavy (non-hydrogen) atoms. The molecular formula is C9H13ClN4. The predicted octanol–water partition coefficient (Wildman–Crippen LogP) is 1.06. The molecule has 2 heterocycles. The van der Waals surface area contributed by atoms with E-state index >= 15 is 0 Å². The molecule has 4 nitrogen and oxygen atoms in total. The molecule has 2 N–H and O–H groups in total. The quantitative estimate of drug-likeness (QED) is 0.708. The van der Waals surface area contributed by atoms with E-state index in [1.54, 1.807) is 6.07 Å². The minimum atomic E-state index is 0.248. The highest BCUT2D eigenvalue weighted by Gasteiger charge is 2.17. The van der Waals surface area contributed by atoms with Crippen LogP contribution < -0.4 is 10.6 Å². The predicted molar refractivity (Wildman–Crippen MR) is 56.5 cm³/mol. The Bertz CT molecular complexity index is 317. The van der Waals surface area contributed by atoms with Crippen LogP contribution in [0, 0.1) is 0 Å². The van der Waals surface area contributed by atoms with Crippen molar-refractivity contribution in [3.63, 3.8) is 0 Å². The number of nitrogens with zero attached hydrogens (tertiary/aromatic N) is 3. The highest BCUT2D eigenvalue weighted by Crippen LogP contribution is 2.18. The fourth-order valence-corrected chi connectivity index (χ4v) is 1.86. The zero-order valence-corrected chi connectivity index (χ0v) is 8.61. The SMILES string of the molecule is N[C@@H]1CCCN(c2cc(Cl)ncn2)C1. The zero-order valence-electron chi connectivity index (χ0n) is 7.86. The summed E-state index contributed by atoms with van der Waals surface area (Å²) >= 11 is 5.79. The van der Waals surface area contributed by atoms with Gasteiger partial charge in [-0.05, 0) is 12.8 Å². The lowest BCUT2D eigenvalue weighted by molar-refractivity contribution is 0.503. The second-order valence-corrected chi connectivity index (χ2v) is 3.93. The summed E-state index contributed by atoms with van der Waals surface area (Å²) in [7, 11) is 0. The van der Waals surface area contributed by atoms with E-state index in [4.69, 9.17) is 17.3 Å². The molecule has 1 aromatic rings. The summed E-state index contributed by atoms with van der Waals surface area (Å²) in [6.07, 6.45) is 3.69. The molecule has 2 rings (SSSR count). The van der Waals surface area contributed by atoms with Gasteiger partial charge in [-0.25, -0.2) is 9.97 Å². The van der Waals surface area contributed by atoms with Crippen molar-refractivity contribution in [1.82, 2.24) is 9.97 Å². The average Bonchev–Trinajstić information content (AvgIpc) is 2.18. The van der Waals surface area contributed by atoms with E-state index in [2.05, 4.69) is 14.9 Å². The first-order chi connectivity index (χ1) is 6.75. The van der Waals surface area contributed by atoms with Crippen LogP contribution in [-0.2, 0) is 0 Å². The monoisotopic (exact) mass is 212 g/mol. The fraction of sp³-hybridized carbons (Fsp3) is 0.556. The van der Waals surface area contributed by atoms with Crippen molar-refractivity contribution in [2.45, 2.75) is 18.9 Å². The minimum Gasteiger partial charge on any atom is -0.355 e. The number of piperidine rings is 1. The van der Waals surface area contributed by atoms with E-state index in [9.17, 15) is 0 Å². The average molecular weight is 213 g/mol. The van der Waals surface area contributed by atoms with Crippen molar-refractivity contribution < 1.29 is 0 Å². The summed E-state index contributed by atoms with van der Waals surface area (Å²) in [6.45, 7) is 1.86. The van der Waals surface area contributed by atoms with Gasteiger partial charge in [0.1, 0.15) is 17.3 Å². The van der Waals surface area contributed by atoms with E-state index in [0.717, 1.165) is 31.7 Å². The second kappa shape index (κ2) is 4.11. The first-order valence-electron chi connectivity index (χ1n) is 4.74. The smallest absolute Gasteiger partial charge is 0.134 e. The van der Waals surface area contributed by atoms with Crippen molar-refractivity contribution in [2.24, 2.45) is 5.73 Å². The van der Waals surface area contributed by atoms with Gasteiger partial charge in [0.2, 0.25) is 0 Å². The highest BCUT2D eigenvalue weighted by molar-refractivity contribution is 6.29. The van der Waals surface area contributed by atoms with Crippen LogP contribution in [0.1, 0.15) is 12.8 Å². The van der Waals surface area contributed by atoms with Crippen molar-refractivity contribution in [3.05, 3.63) is 17.5 Å². The molecule has 0 saturated carbocycles. The third kappa shape index (κ3) is 2.13. The number of anilines is 1. The molecular weight excluding hydrogens is 200 g/mol.